The Bertz CT molecular complexity index is 3380. The third-order valence-corrected chi connectivity index (χ3v) is 19.3. The summed E-state index contributed by atoms with van der Waals surface area (Å²) in [6.45, 7) is 15.7. The number of rotatable bonds is 43. The summed E-state index contributed by atoms with van der Waals surface area (Å²) in [4.78, 5) is 53.3. The molecule has 0 bridgehead atoms. The maximum absolute atomic E-state index is 11.5. The van der Waals surface area contributed by atoms with Gasteiger partial charge in [0.25, 0.3) is 0 Å². The predicted molar refractivity (Wildman–Crippen MR) is 384 cm³/mol. The van der Waals surface area contributed by atoms with Crippen LogP contribution in [0.1, 0.15) is 151 Å². The van der Waals surface area contributed by atoms with E-state index >= 15 is 0 Å². The summed E-state index contributed by atoms with van der Waals surface area (Å²) in [7, 11) is 0. The molecule has 0 spiro atoms. The molecular formula is C80H92N2O8S2. The van der Waals surface area contributed by atoms with E-state index in [-0.39, 0.29) is 23.9 Å². The number of nitrogens with zero attached hydrogens (tertiary/aromatic N) is 2. The van der Waals surface area contributed by atoms with Crippen LogP contribution in [0.25, 0.3) is 31.3 Å². The summed E-state index contributed by atoms with van der Waals surface area (Å²) in [5.41, 5.74) is 9.66. The summed E-state index contributed by atoms with van der Waals surface area (Å²) in [6, 6.07) is 54.5. The van der Waals surface area contributed by atoms with Crippen LogP contribution >= 0.6 is 22.7 Å². The van der Waals surface area contributed by atoms with Crippen LogP contribution in [0.5, 0.6) is 0 Å². The van der Waals surface area contributed by atoms with Crippen molar-refractivity contribution in [2.75, 3.05) is 36.2 Å². The van der Waals surface area contributed by atoms with Gasteiger partial charge in [-0.15, -0.1) is 22.7 Å². The first kappa shape index (κ1) is 69.6. The molecular weight excluding hydrogens is 1180 g/mol. The molecule has 0 aliphatic rings. The van der Waals surface area contributed by atoms with Crippen molar-refractivity contribution in [3.05, 3.63) is 218 Å². The van der Waals surface area contributed by atoms with Gasteiger partial charge in [-0.1, -0.05) is 200 Å². The van der Waals surface area contributed by atoms with E-state index in [9.17, 15) is 19.2 Å². The van der Waals surface area contributed by atoms with Crippen molar-refractivity contribution in [2.24, 2.45) is 0 Å². The van der Waals surface area contributed by atoms with Gasteiger partial charge in [0.05, 0.1) is 36.2 Å². The number of carbonyl (C=O) groups excluding carboxylic acids is 4. The summed E-state index contributed by atoms with van der Waals surface area (Å²) < 4.78 is 20.7. The number of anilines is 6. The minimum absolute atomic E-state index is 0.354. The lowest BCUT2D eigenvalue weighted by Crippen LogP contribution is -2.09. The number of hydrogen-bond acceptors (Lipinski definition) is 12. The molecule has 0 aliphatic heterocycles. The average molecular weight is 1270 g/mol. The Morgan fingerprint density at radius 2 is 0.511 bits per heavy atom. The number of thiophene rings is 2. The van der Waals surface area contributed by atoms with Crippen LogP contribution in [-0.4, -0.2) is 50.3 Å². The van der Waals surface area contributed by atoms with Crippen LogP contribution in [0.3, 0.4) is 0 Å². The largest absolute Gasteiger partial charge is 0.463 e. The second-order valence-electron chi connectivity index (χ2n) is 23.5. The number of esters is 4. The van der Waals surface area contributed by atoms with E-state index in [1.54, 1.807) is 0 Å². The minimum atomic E-state index is -0.366. The Balaban J connectivity index is 1.07. The quantitative estimate of drug-likeness (QED) is 0.0158. The van der Waals surface area contributed by atoms with E-state index in [1.807, 2.05) is 22.7 Å². The summed E-state index contributed by atoms with van der Waals surface area (Å²) in [6.07, 6.45) is 29.7. The molecule has 0 fully saturated rings. The molecule has 0 amide bonds. The van der Waals surface area contributed by atoms with E-state index in [0.29, 0.717) is 26.4 Å². The van der Waals surface area contributed by atoms with Gasteiger partial charge < -0.3 is 28.7 Å². The van der Waals surface area contributed by atoms with E-state index in [4.69, 9.17) is 18.9 Å². The number of aryl methyl sites for hydroxylation is 4. The number of carbonyl (C=O) groups is 4. The van der Waals surface area contributed by atoms with Crippen molar-refractivity contribution in [3.63, 3.8) is 0 Å². The average Bonchev–Trinajstić information content (AvgIpc) is 1.59. The van der Waals surface area contributed by atoms with Crippen LogP contribution in [0.4, 0.5) is 32.8 Å². The van der Waals surface area contributed by atoms with Crippen LogP contribution in [0, 0.1) is 0 Å². The Kier molecular flexibility index (Phi) is 29.1. The maximum atomic E-state index is 11.5. The second kappa shape index (κ2) is 38.5. The molecule has 2 heterocycles. The fraction of sp³-hybridized carbons (Fsp3) is 0.350. The Morgan fingerprint density at radius 1 is 0.293 bits per heavy atom. The maximum Gasteiger partial charge on any atom is 0.330 e. The predicted octanol–water partition coefficient (Wildman–Crippen LogP) is 21.6. The molecule has 0 N–H and O–H groups in total. The Morgan fingerprint density at radius 3 is 0.750 bits per heavy atom. The second-order valence-corrected chi connectivity index (χ2v) is 25.5. The van der Waals surface area contributed by atoms with Crippen molar-refractivity contribution in [1.82, 2.24) is 0 Å². The van der Waals surface area contributed by atoms with E-state index in [1.165, 1.54) is 77.9 Å². The van der Waals surface area contributed by atoms with Crippen molar-refractivity contribution < 1.29 is 38.1 Å². The molecule has 0 radical (unpaired) electrons. The molecule has 92 heavy (non-hydrogen) atoms. The molecule has 0 saturated carbocycles. The molecule has 482 valence electrons. The van der Waals surface area contributed by atoms with Gasteiger partial charge in [0.1, 0.15) is 10.0 Å². The molecule has 0 unspecified atom stereocenters. The molecule has 0 atom stereocenters. The van der Waals surface area contributed by atoms with Crippen LogP contribution in [0.15, 0.2) is 196 Å². The lowest BCUT2D eigenvalue weighted by Gasteiger charge is -2.25. The molecule has 12 heteroatoms. The summed E-state index contributed by atoms with van der Waals surface area (Å²) >= 11 is 3.72. The topological polar surface area (TPSA) is 112 Å². The number of ether oxygens (including phenoxy) is 4. The van der Waals surface area contributed by atoms with Crippen molar-refractivity contribution in [2.45, 2.75) is 154 Å². The number of benzene rings is 6. The fourth-order valence-corrected chi connectivity index (χ4v) is 14.4. The van der Waals surface area contributed by atoms with Gasteiger partial charge in [-0.3, -0.25) is 0 Å². The standard InChI is InChI=1S/C80H92N2O8S2/c1-5-73(83)87-57-29-17-11-9-13-21-33-61-41-49-65(50-42-61)81(67-53-45-63(46-54-67)35-23-15-19-31-59-89-75(85)7-3)79-71-39-27-25-37-69(71)77(91-79)78-70-38-26-28-40-72(70)80(92-78)82(68-55-47-64(48-56-68)36-24-16-20-32-60-90-76(86)8-4)66-51-43-62(44-52-66)34-22-14-10-12-18-30-58-88-74(84)6-2/h5-8,25-28,37-56H,1-4,9-24,29-36,57-60H2. The zero-order chi connectivity index (χ0) is 64.5. The van der Waals surface area contributed by atoms with Crippen molar-refractivity contribution in [3.8, 4) is 9.75 Å². The van der Waals surface area contributed by atoms with E-state index in [2.05, 4.69) is 182 Å². The SMILES string of the molecule is C=CC(=O)OCCCCCCCCc1ccc(N(c2ccc(CCCCCCOC(=O)C=C)cc2)c2sc(-c3sc(N(c4ccc(CCCCCCCCOC(=O)C=C)cc4)c4ccc(CCCCCCOC(=O)C=C)cc4)c4ccccc34)c3ccccc23)cc1. The van der Waals surface area contributed by atoms with E-state index in [0.717, 1.165) is 187 Å². The van der Waals surface area contributed by atoms with Crippen LogP contribution in [0.2, 0.25) is 0 Å². The van der Waals surface area contributed by atoms with Gasteiger partial charge in [0.2, 0.25) is 0 Å². The van der Waals surface area contributed by atoms with Gasteiger partial charge >= 0.3 is 23.9 Å². The third-order valence-electron chi connectivity index (χ3n) is 16.7. The van der Waals surface area contributed by atoms with Crippen LogP contribution < -0.4 is 9.80 Å². The van der Waals surface area contributed by atoms with Crippen molar-refractivity contribution >= 4 is 101 Å². The normalized spacial score (nSPS) is 11.1. The smallest absolute Gasteiger partial charge is 0.330 e. The number of unbranched alkanes of at least 4 members (excludes halogenated alkanes) is 16. The lowest BCUT2D eigenvalue weighted by molar-refractivity contribution is -0.138. The van der Waals surface area contributed by atoms with E-state index < -0.39 is 0 Å². The van der Waals surface area contributed by atoms with Gasteiger partial charge in [-0.05, 0) is 148 Å². The molecule has 2 aromatic heterocycles. The third kappa shape index (κ3) is 21.4. The van der Waals surface area contributed by atoms with Gasteiger partial charge in [0, 0.05) is 68.6 Å². The zero-order valence-electron chi connectivity index (χ0n) is 53.8. The fourth-order valence-electron chi connectivity index (χ4n) is 11.6. The molecule has 0 aliphatic carbocycles. The van der Waals surface area contributed by atoms with Gasteiger partial charge in [0.15, 0.2) is 0 Å². The lowest BCUT2D eigenvalue weighted by atomic mass is 10.0. The molecule has 10 nitrogen and oxygen atoms in total. The van der Waals surface area contributed by atoms with Gasteiger partial charge in [-0.2, -0.15) is 0 Å². The first-order valence-electron chi connectivity index (χ1n) is 33.3. The molecule has 6 aromatic carbocycles. The highest BCUT2D eigenvalue weighted by atomic mass is 32.1. The summed E-state index contributed by atoms with van der Waals surface area (Å²) in [5.74, 6) is -1.44. The number of hydrogen-bond donors (Lipinski definition) is 0. The molecule has 8 aromatic rings. The van der Waals surface area contributed by atoms with Crippen molar-refractivity contribution in [1.29, 1.82) is 0 Å². The number of fused-ring (bicyclic) bond motifs is 2. The zero-order valence-corrected chi connectivity index (χ0v) is 55.4. The minimum Gasteiger partial charge on any atom is -0.463 e. The first-order valence-corrected chi connectivity index (χ1v) is 35.0. The Hall–Kier alpha value is -8.32. The molecule has 0 saturated heterocycles. The summed E-state index contributed by atoms with van der Waals surface area (Å²) in [5, 5.41) is 7.15. The highest BCUT2D eigenvalue weighted by Gasteiger charge is 2.26. The monoisotopic (exact) mass is 1270 g/mol. The highest BCUT2D eigenvalue weighted by Crippen LogP contribution is 2.55. The van der Waals surface area contributed by atoms with Crippen LogP contribution in [-0.2, 0) is 63.8 Å². The molecule has 8 rings (SSSR count). The van der Waals surface area contributed by atoms with Gasteiger partial charge in [-0.25, -0.2) is 19.2 Å². The first-order chi connectivity index (χ1) is 45.2. The Labute approximate surface area is 554 Å². The highest BCUT2D eigenvalue weighted by molar-refractivity contribution is 7.28.